The first-order chi connectivity index (χ1) is 15.1. The molecule has 0 aromatic heterocycles. The third-order valence-corrected chi connectivity index (χ3v) is 6.00. The number of carbonyl (C=O) groups excluding carboxylic acids is 1. The van der Waals surface area contributed by atoms with Gasteiger partial charge in [-0.05, 0) is 42.7 Å². The molecule has 1 heterocycles. The van der Waals surface area contributed by atoms with Crippen molar-refractivity contribution in [3.8, 4) is 0 Å². The van der Waals surface area contributed by atoms with Crippen molar-refractivity contribution in [3.63, 3.8) is 0 Å². The maximum absolute atomic E-state index is 15.1. The molecule has 4 rings (SSSR count). The number of ether oxygens (including phenoxy) is 1. The molecule has 2 atom stereocenters. The number of nitrogens with zero attached hydrogens (tertiary/aromatic N) is 1. The summed E-state index contributed by atoms with van der Waals surface area (Å²) in [6.45, 7) is 5.75. The standard InChI is InChI=1S/C26H29FN2O2/c1-3-31-25(30)16-20-10-7-13-24(26(20)27)29-15-14-21(17-29)28-18(2)22-12-6-9-19-8-4-5-11-23(19)22/h4-13,18,21,28H,3,14-17H2,1-2H3/t18-,21+/m1/s1. The van der Waals surface area contributed by atoms with Crippen LogP contribution in [0.3, 0.4) is 0 Å². The Kier molecular flexibility index (Phi) is 6.52. The lowest BCUT2D eigenvalue weighted by Gasteiger charge is -2.23. The monoisotopic (exact) mass is 420 g/mol. The van der Waals surface area contributed by atoms with Crippen molar-refractivity contribution in [2.45, 2.75) is 38.8 Å². The van der Waals surface area contributed by atoms with Crippen LogP contribution in [0.1, 0.15) is 37.4 Å². The highest BCUT2D eigenvalue weighted by Gasteiger charge is 2.27. The van der Waals surface area contributed by atoms with Crippen molar-refractivity contribution in [3.05, 3.63) is 77.6 Å². The smallest absolute Gasteiger partial charge is 0.310 e. The molecule has 0 aliphatic carbocycles. The van der Waals surface area contributed by atoms with Crippen LogP contribution in [0.5, 0.6) is 0 Å². The molecule has 31 heavy (non-hydrogen) atoms. The molecule has 1 N–H and O–H groups in total. The lowest BCUT2D eigenvalue weighted by Crippen LogP contribution is -2.34. The van der Waals surface area contributed by atoms with Crippen molar-refractivity contribution in [2.75, 3.05) is 24.6 Å². The number of halogens is 1. The molecule has 162 valence electrons. The zero-order valence-corrected chi connectivity index (χ0v) is 18.1. The topological polar surface area (TPSA) is 41.6 Å². The first kappa shape index (κ1) is 21.3. The van der Waals surface area contributed by atoms with Gasteiger partial charge in [0.05, 0.1) is 18.7 Å². The van der Waals surface area contributed by atoms with E-state index in [1.165, 1.54) is 16.3 Å². The fourth-order valence-electron chi connectivity index (χ4n) is 4.50. The molecule has 0 saturated carbocycles. The van der Waals surface area contributed by atoms with E-state index in [9.17, 15) is 4.79 Å². The van der Waals surface area contributed by atoms with E-state index < -0.39 is 5.97 Å². The Hall–Kier alpha value is -2.92. The summed E-state index contributed by atoms with van der Waals surface area (Å²) >= 11 is 0. The van der Waals surface area contributed by atoms with Crippen LogP contribution in [-0.2, 0) is 16.0 Å². The summed E-state index contributed by atoms with van der Waals surface area (Å²) in [4.78, 5) is 13.9. The summed E-state index contributed by atoms with van der Waals surface area (Å²) in [6, 6.07) is 20.5. The van der Waals surface area contributed by atoms with Crippen molar-refractivity contribution in [1.82, 2.24) is 5.32 Å². The molecular formula is C26H29FN2O2. The Morgan fingerprint density at radius 2 is 1.94 bits per heavy atom. The SMILES string of the molecule is CCOC(=O)Cc1cccc(N2CC[C@H](N[C@H](C)c3cccc4ccccc34)C2)c1F. The second kappa shape index (κ2) is 9.48. The molecule has 1 aliphatic rings. The van der Waals surface area contributed by atoms with E-state index in [4.69, 9.17) is 4.74 Å². The van der Waals surface area contributed by atoms with E-state index in [1.807, 2.05) is 6.07 Å². The lowest BCUT2D eigenvalue weighted by molar-refractivity contribution is -0.142. The highest BCUT2D eigenvalue weighted by atomic mass is 19.1. The molecule has 0 radical (unpaired) electrons. The molecule has 5 heteroatoms. The number of esters is 1. The van der Waals surface area contributed by atoms with Crippen molar-refractivity contribution < 1.29 is 13.9 Å². The van der Waals surface area contributed by atoms with Crippen LogP contribution >= 0.6 is 0 Å². The summed E-state index contributed by atoms with van der Waals surface area (Å²) in [7, 11) is 0. The van der Waals surface area contributed by atoms with Crippen LogP contribution in [0, 0.1) is 5.82 Å². The molecule has 0 amide bonds. The van der Waals surface area contributed by atoms with Crippen LogP contribution in [0.2, 0.25) is 0 Å². The number of nitrogens with one attached hydrogen (secondary N) is 1. The number of rotatable bonds is 7. The molecule has 4 nitrogen and oxygen atoms in total. The molecular weight excluding hydrogens is 391 g/mol. The highest BCUT2D eigenvalue weighted by Crippen LogP contribution is 2.29. The van der Waals surface area contributed by atoms with Gasteiger partial charge in [0.1, 0.15) is 5.82 Å². The molecule has 1 fully saturated rings. The number of fused-ring (bicyclic) bond motifs is 1. The second-order valence-electron chi connectivity index (χ2n) is 8.12. The summed E-state index contributed by atoms with van der Waals surface area (Å²) in [6.07, 6.45) is 0.901. The predicted molar refractivity (Wildman–Crippen MR) is 123 cm³/mol. The van der Waals surface area contributed by atoms with Crippen molar-refractivity contribution >= 4 is 22.4 Å². The molecule has 0 bridgehead atoms. The van der Waals surface area contributed by atoms with Gasteiger partial charge in [0, 0.05) is 30.7 Å². The van der Waals surface area contributed by atoms with Gasteiger partial charge in [-0.25, -0.2) is 4.39 Å². The van der Waals surface area contributed by atoms with Gasteiger partial charge in [-0.15, -0.1) is 0 Å². The number of carbonyl (C=O) groups is 1. The minimum absolute atomic E-state index is 0.0405. The minimum Gasteiger partial charge on any atom is -0.466 e. The molecule has 1 aliphatic heterocycles. The van der Waals surface area contributed by atoms with E-state index in [-0.39, 0.29) is 24.3 Å². The normalized spacial score (nSPS) is 17.1. The summed E-state index contributed by atoms with van der Waals surface area (Å²) in [5.74, 6) is -0.721. The third kappa shape index (κ3) is 4.72. The number of anilines is 1. The van der Waals surface area contributed by atoms with Crippen LogP contribution in [0.25, 0.3) is 10.8 Å². The lowest BCUT2D eigenvalue weighted by atomic mass is 9.99. The van der Waals surface area contributed by atoms with Gasteiger partial charge >= 0.3 is 5.97 Å². The molecule has 1 saturated heterocycles. The van der Waals surface area contributed by atoms with Gasteiger partial charge in [0.25, 0.3) is 0 Å². The summed E-state index contributed by atoms with van der Waals surface area (Å²) in [5, 5.41) is 6.23. The molecule has 0 spiro atoms. The fourth-order valence-corrected chi connectivity index (χ4v) is 4.50. The number of hydrogen-bond donors (Lipinski definition) is 1. The van der Waals surface area contributed by atoms with E-state index in [0.29, 0.717) is 17.9 Å². The highest BCUT2D eigenvalue weighted by molar-refractivity contribution is 5.86. The average molecular weight is 421 g/mol. The zero-order chi connectivity index (χ0) is 21.8. The van der Waals surface area contributed by atoms with E-state index >= 15 is 4.39 Å². The maximum atomic E-state index is 15.1. The third-order valence-electron chi connectivity index (χ3n) is 6.00. The first-order valence-corrected chi connectivity index (χ1v) is 11.0. The Balaban J connectivity index is 1.44. The van der Waals surface area contributed by atoms with Crippen LogP contribution in [0.15, 0.2) is 60.7 Å². The van der Waals surface area contributed by atoms with Crippen molar-refractivity contribution in [2.24, 2.45) is 0 Å². The Morgan fingerprint density at radius 3 is 2.77 bits per heavy atom. The number of benzene rings is 3. The number of hydrogen-bond acceptors (Lipinski definition) is 4. The fraction of sp³-hybridized carbons (Fsp3) is 0.346. The molecule has 3 aromatic rings. The van der Waals surface area contributed by atoms with Gasteiger partial charge in [0.15, 0.2) is 0 Å². The minimum atomic E-state index is -0.400. The van der Waals surface area contributed by atoms with Gasteiger partial charge in [-0.2, -0.15) is 0 Å². The Bertz CT molecular complexity index is 1060. The quantitative estimate of drug-likeness (QED) is 0.546. The van der Waals surface area contributed by atoms with E-state index in [1.54, 1.807) is 19.1 Å². The zero-order valence-electron chi connectivity index (χ0n) is 18.1. The molecule has 3 aromatic carbocycles. The van der Waals surface area contributed by atoms with Crippen LogP contribution in [-0.4, -0.2) is 31.7 Å². The Labute approximate surface area is 183 Å². The van der Waals surface area contributed by atoms with Crippen LogP contribution in [0.4, 0.5) is 10.1 Å². The average Bonchev–Trinajstić information content (AvgIpc) is 3.23. The van der Waals surface area contributed by atoms with Gasteiger partial charge in [-0.1, -0.05) is 54.6 Å². The molecule has 0 unspecified atom stereocenters. The summed E-state index contributed by atoms with van der Waals surface area (Å²) < 4.78 is 20.1. The summed E-state index contributed by atoms with van der Waals surface area (Å²) in [5.41, 5.74) is 2.22. The van der Waals surface area contributed by atoms with Gasteiger partial charge < -0.3 is 15.0 Å². The first-order valence-electron chi connectivity index (χ1n) is 11.0. The largest absolute Gasteiger partial charge is 0.466 e. The maximum Gasteiger partial charge on any atom is 0.310 e. The van der Waals surface area contributed by atoms with Gasteiger partial charge in [-0.3, -0.25) is 4.79 Å². The second-order valence-corrected chi connectivity index (χ2v) is 8.12. The van der Waals surface area contributed by atoms with Gasteiger partial charge in [0.2, 0.25) is 0 Å². The van der Waals surface area contributed by atoms with E-state index in [2.05, 4.69) is 59.6 Å². The van der Waals surface area contributed by atoms with Crippen LogP contribution < -0.4 is 10.2 Å². The Morgan fingerprint density at radius 1 is 1.16 bits per heavy atom. The van der Waals surface area contributed by atoms with Crippen molar-refractivity contribution in [1.29, 1.82) is 0 Å². The van der Waals surface area contributed by atoms with E-state index in [0.717, 1.165) is 19.5 Å². The predicted octanol–water partition coefficient (Wildman–Crippen LogP) is 5.01.